The number of carbonyl (C=O) groups excluding carboxylic acids is 1. The van der Waals surface area contributed by atoms with Gasteiger partial charge in [0.05, 0.1) is 24.7 Å². The van der Waals surface area contributed by atoms with Crippen molar-refractivity contribution in [1.82, 2.24) is 14.8 Å². The SMILES string of the molecule is COc1cn(-c2ccccc2)nc1C(=O)Nc1nc(-c2ccc3ccccc3c2)cs1. The molecule has 31 heavy (non-hydrogen) atoms. The summed E-state index contributed by atoms with van der Waals surface area (Å²) in [6.07, 6.45) is 1.69. The van der Waals surface area contributed by atoms with Crippen LogP contribution < -0.4 is 10.1 Å². The lowest BCUT2D eigenvalue weighted by atomic mass is 10.1. The Labute approximate surface area is 182 Å². The van der Waals surface area contributed by atoms with Gasteiger partial charge in [-0.3, -0.25) is 10.1 Å². The molecule has 3 aromatic carbocycles. The first-order valence-electron chi connectivity index (χ1n) is 9.66. The van der Waals surface area contributed by atoms with E-state index in [1.807, 2.05) is 53.9 Å². The normalized spacial score (nSPS) is 10.9. The predicted octanol–water partition coefficient (Wildman–Crippen LogP) is 5.41. The molecule has 2 aromatic heterocycles. The summed E-state index contributed by atoms with van der Waals surface area (Å²) in [7, 11) is 1.52. The molecule has 0 bridgehead atoms. The molecule has 7 heteroatoms. The Bertz CT molecular complexity index is 1370. The van der Waals surface area contributed by atoms with Crippen molar-refractivity contribution in [3.8, 4) is 22.7 Å². The van der Waals surface area contributed by atoms with Crippen LogP contribution in [0.4, 0.5) is 5.13 Å². The van der Waals surface area contributed by atoms with E-state index in [4.69, 9.17) is 4.74 Å². The number of hydrogen-bond acceptors (Lipinski definition) is 5. The number of amides is 1. The summed E-state index contributed by atoms with van der Waals surface area (Å²) in [5, 5.41) is 12.0. The molecule has 0 radical (unpaired) electrons. The quantitative estimate of drug-likeness (QED) is 0.408. The van der Waals surface area contributed by atoms with E-state index < -0.39 is 0 Å². The van der Waals surface area contributed by atoms with E-state index in [1.54, 1.807) is 10.9 Å². The smallest absolute Gasteiger partial charge is 0.281 e. The van der Waals surface area contributed by atoms with Gasteiger partial charge in [0.2, 0.25) is 0 Å². The summed E-state index contributed by atoms with van der Waals surface area (Å²) >= 11 is 1.37. The van der Waals surface area contributed by atoms with E-state index in [0.29, 0.717) is 10.9 Å². The van der Waals surface area contributed by atoms with Gasteiger partial charge >= 0.3 is 0 Å². The molecular formula is C24H18N4O2S. The number of methoxy groups -OCH3 is 1. The lowest BCUT2D eigenvalue weighted by Crippen LogP contribution is -2.14. The molecule has 1 N–H and O–H groups in total. The van der Waals surface area contributed by atoms with Gasteiger partial charge in [0.25, 0.3) is 5.91 Å². The van der Waals surface area contributed by atoms with Crippen LogP contribution in [0.15, 0.2) is 84.4 Å². The third-order valence-corrected chi connectivity index (χ3v) is 5.66. The molecule has 0 spiro atoms. The summed E-state index contributed by atoms with van der Waals surface area (Å²) in [4.78, 5) is 17.4. The summed E-state index contributed by atoms with van der Waals surface area (Å²) in [5.41, 5.74) is 2.86. The highest BCUT2D eigenvalue weighted by molar-refractivity contribution is 7.14. The number of benzene rings is 3. The fourth-order valence-corrected chi connectivity index (χ4v) is 4.06. The van der Waals surface area contributed by atoms with E-state index in [1.165, 1.54) is 23.8 Å². The number of para-hydroxylation sites is 1. The molecule has 0 fully saturated rings. The number of nitrogens with zero attached hydrogens (tertiary/aromatic N) is 3. The maximum Gasteiger partial charge on any atom is 0.281 e. The molecule has 1 amide bonds. The Kier molecular flexibility index (Phi) is 4.93. The first-order valence-corrected chi connectivity index (χ1v) is 10.5. The standard InChI is InChI=1S/C24H18N4O2S/c1-30-21-14-28(19-9-3-2-4-10-19)27-22(21)23(29)26-24-25-20(15-31-24)18-12-11-16-7-5-6-8-17(16)13-18/h2-15H,1H3,(H,25,26,29). The highest BCUT2D eigenvalue weighted by Gasteiger charge is 2.20. The minimum atomic E-state index is -0.369. The Hall–Kier alpha value is -3.97. The minimum Gasteiger partial charge on any atom is -0.493 e. The van der Waals surface area contributed by atoms with Gasteiger partial charge in [0.1, 0.15) is 0 Å². The number of aromatic nitrogens is 3. The van der Waals surface area contributed by atoms with Gasteiger partial charge in [-0.2, -0.15) is 5.10 Å². The van der Waals surface area contributed by atoms with Crippen LogP contribution in [-0.4, -0.2) is 27.8 Å². The first-order chi connectivity index (χ1) is 15.2. The Morgan fingerprint density at radius 2 is 1.77 bits per heavy atom. The van der Waals surface area contributed by atoms with Crippen molar-refractivity contribution in [2.75, 3.05) is 12.4 Å². The molecular weight excluding hydrogens is 408 g/mol. The molecule has 0 saturated heterocycles. The zero-order chi connectivity index (χ0) is 21.2. The third-order valence-electron chi connectivity index (χ3n) is 4.91. The number of nitrogens with one attached hydrogen (secondary N) is 1. The maximum absolute atomic E-state index is 12.9. The van der Waals surface area contributed by atoms with Crippen LogP contribution in [0, 0.1) is 0 Å². The average molecular weight is 427 g/mol. The second-order valence-corrected chi connectivity index (χ2v) is 7.74. The summed E-state index contributed by atoms with van der Waals surface area (Å²) in [6.45, 7) is 0. The predicted molar refractivity (Wildman–Crippen MR) is 123 cm³/mol. The molecule has 0 aliphatic heterocycles. The van der Waals surface area contributed by atoms with E-state index >= 15 is 0 Å². The Balaban J connectivity index is 1.39. The second-order valence-electron chi connectivity index (χ2n) is 6.88. The van der Waals surface area contributed by atoms with Gasteiger partial charge in [-0.15, -0.1) is 11.3 Å². The molecule has 0 unspecified atom stereocenters. The van der Waals surface area contributed by atoms with Crippen molar-refractivity contribution in [2.45, 2.75) is 0 Å². The second kappa shape index (κ2) is 8.04. The number of rotatable bonds is 5. The molecule has 152 valence electrons. The van der Waals surface area contributed by atoms with Crippen molar-refractivity contribution in [2.24, 2.45) is 0 Å². The van der Waals surface area contributed by atoms with Crippen LogP contribution in [-0.2, 0) is 0 Å². The van der Waals surface area contributed by atoms with Gasteiger partial charge < -0.3 is 4.74 Å². The van der Waals surface area contributed by atoms with Crippen LogP contribution in [0.25, 0.3) is 27.7 Å². The van der Waals surface area contributed by atoms with Gasteiger partial charge in [-0.1, -0.05) is 54.6 Å². The van der Waals surface area contributed by atoms with E-state index in [0.717, 1.165) is 22.3 Å². The van der Waals surface area contributed by atoms with E-state index in [2.05, 4.69) is 39.7 Å². The fourth-order valence-electron chi connectivity index (χ4n) is 3.35. The number of carbonyl (C=O) groups is 1. The summed E-state index contributed by atoms with van der Waals surface area (Å²) < 4.78 is 6.98. The Morgan fingerprint density at radius 1 is 1.00 bits per heavy atom. The van der Waals surface area contributed by atoms with Crippen LogP contribution in [0.1, 0.15) is 10.5 Å². The molecule has 0 aliphatic carbocycles. The zero-order valence-corrected chi connectivity index (χ0v) is 17.5. The van der Waals surface area contributed by atoms with Crippen LogP contribution in [0.5, 0.6) is 5.75 Å². The monoisotopic (exact) mass is 426 g/mol. The maximum atomic E-state index is 12.9. The number of fused-ring (bicyclic) bond motifs is 1. The van der Waals surface area contributed by atoms with Crippen molar-refractivity contribution in [1.29, 1.82) is 0 Å². The molecule has 0 saturated carbocycles. The molecule has 6 nitrogen and oxygen atoms in total. The lowest BCUT2D eigenvalue weighted by Gasteiger charge is -2.02. The minimum absolute atomic E-state index is 0.203. The van der Waals surface area contributed by atoms with Crippen LogP contribution >= 0.6 is 11.3 Å². The molecule has 0 atom stereocenters. The fraction of sp³-hybridized carbons (Fsp3) is 0.0417. The average Bonchev–Trinajstić information content (AvgIpc) is 3.46. The zero-order valence-electron chi connectivity index (χ0n) is 16.6. The number of ether oxygens (including phenoxy) is 1. The van der Waals surface area contributed by atoms with E-state index in [-0.39, 0.29) is 11.6 Å². The molecule has 5 rings (SSSR count). The molecule has 5 aromatic rings. The first kappa shape index (κ1) is 19.0. The van der Waals surface area contributed by atoms with Crippen molar-refractivity contribution in [3.63, 3.8) is 0 Å². The number of thiazole rings is 1. The highest BCUT2D eigenvalue weighted by Crippen LogP contribution is 2.28. The van der Waals surface area contributed by atoms with Gasteiger partial charge in [0, 0.05) is 10.9 Å². The highest BCUT2D eigenvalue weighted by atomic mass is 32.1. The van der Waals surface area contributed by atoms with Gasteiger partial charge in [-0.05, 0) is 29.0 Å². The van der Waals surface area contributed by atoms with E-state index in [9.17, 15) is 4.79 Å². The van der Waals surface area contributed by atoms with Crippen molar-refractivity contribution in [3.05, 3.63) is 90.1 Å². The van der Waals surface area contributed by atoms with Crippen LogP contribution in [0.3, 0.4) is 0 Å². The van der Waals surface area contributed by atoms with Gasteiger partial charge in [0.15, 0.2) is 16.6 Å². The number of anilines is 1. The van der Waals surface area contributed by atoms with Gasteiger partial charge in [-0.25, -0.2) is 9.67 Å². The lowest BCUT2D eigenvalue weighted by molar-refractivity contribution is 0.101. The summed E-state index contributed by atoms with van der Waals surface area (Å²) in [5.74, 6) is 0.0265. The molecule has 2 heterocycles. The number of hydrogen-bond donors (Lipinski definition) is 1. The largest absolute Gasteiger partial charge is 0.493 e. The van der Waals surface area contributed by atoms with Crippen molar-refractivity contribution >= 4 is 33.1 Å². The van der Waals surface area contributed by atoms with Crippen LogP contribution in [0.2, 0.25) is 0 Å². The molecule has 0 aliphatic rings. The van der Waals surface area contributed by atoms with Crippen molar-refractivity contribution < 1.29 is 9.53 Å². The third kappa shape index (κ3) is 3.78. The topological polar surface area (TPSA) is 69.0 Å². The summed E-state index contributed by atoms with van der Waals surface area (Å²) in [6, 6.07) is 23.9. The Morgan fingerprint density at radius 3 is 2.58 bits per heavy atom.